The number of nitrogens with two attached hydrogens (primary N) is 1. The summed E-state index contributed by atoms with van der Waals surface area (Å²) in [7, 11) is 0. The van der Waals surface area contributed by atoms with Gasteiger partial charge in [-0.3, -0.25) is 14.4 Å². The van der Waals surface area contributed by atoms with E-state index in [1.807, 2.05) is 48.5 Å². The lowest BCUT2D eigenvalue weighted by molar-refractivity contribution is -0.124. The Hall–Kier alpha value is -3.91. The van der Waals surface area contributed by atoms with E-state index >= 15 is 0 Å². The van der Waals surface area contributed by atoms with Crippen LogP contribution in [0.25, 0.3) is 0 Å². The Bertz CT molecular complexity index is 1500. The molecular weight excluding hydrogens is 660 g/mol. The summed E-state index contributed by atoms with van der Waals surface area (Å²) in [6.07, 6.45) is 0.454. The van der Waals surface area contributed by atoms with Gasteiger partial charge in [-0.25, -0.2) is 0 Å². The standard InChI is InChI=1S/C38H56N10O4/c39-37-24-40-15-18-43-27-38(28-44-19-16-41-25-37,29-45-20-17-42-26-37)47-35(50)13-22-52-21-12-34(49)46-14-11-36(51)48-23-32-7-2-1-5-30(32)9-10-31-6-3-4-8-33(31)48/h1-8,40-45H,11-29,39H2,(H,46,49)(H,47,50). The lowest BCUT2D eigenvalue weighted by Gasteiger charge is -2.37. The van der Waals surface area contributed by atoms with Crippen molar-refractivity contribution in [2.24, 2.45) is 5.73 Å². The summed E-state index contributed by atoms with van der Waals surface area (Å²) in [6, 6.07) is 15.5. The number of para-hydroxylation sites is 1. The summed E-state index contributed by atoms with van der Waals surface area (Å²) in [6.45, 7) is 9.34. The number of carbonyl (C=O) groups is 3. The van der Waals surface area contributed by atoms with E-state index in [2.05, 4.69) is 54.4 Å². The number of hydrogen-bond acceptors (Lipinski definition) is 11. The van der Waals surface area contributed by atoms with E-state index in [-0.39, 0.29) is 62.3 Å². The molecule has 3 fully saturated rings. The molecule has 3 saturated heterocycles. The summed E-state index contributed by atoms with van der Waals surface area (Å²) in [5.74, 6) is 6.01. The number of ether oxygens (including phenoxy) is 1. The number of anilines is 1. The summed E-state index contributed by atoms with van der Waals surface area (Å²) in [5, 5.41) is 27.1. The smallest absolute Gasteiger partial charge is 0.229 e. The van der Waals surface area contributed by atoms with E-state index in [9.17, 15) is 14.4 Å². The molecule has 0 atom stereocenters. The molecule has 52 heavy (non-hydrogen) atoms. The molecule has 0 aromatic heterocycles. The second-order valence-electron chi connectivity index (χ2n) is 13.9. The van der Waals surface area contributed by atoms with Gasteiger partial charge >= 0.3 is 0 Å². The van der Waals surface area contributed by atoms with Crippen LogP contribution in [0, 0.1) is 11.8 Å². The van der Waals surface area contributed by atoms with Crippen LogP contribution in [0.4, 0.5) is 5.69 Å². The maximum absolute atomic E-state index is 13.4. The third-order valence-corrected chi connectivity index (χ3v) is 9.44. The minimum absolute atomic E-state index is 0.0961. The van der Waals surface area contributed by atoms with Crippen LogP contribution in [0.1, 0.15) is 36.0 Å². The number of nitrogens with one attached hydrogen (secondary N) is 8. The van der Waals surface area contributed by atoms with E-state index in [1.165, 1.54) is 0 Å². The predicted octanol–water partition coefficient (Wildman–Crippen LogP) is -1.65. The van der Waals surface area contributed by atoms with Crippen molar-refractivity contribution in [3.05, 3.63) is 65.2 Å². The first kappa shape index (κ1) is 39.3. The molecule has 4 aliphatic rings. The molecule has 14 heteroatoms. The van der Waals surface area contributed by atoms with E-state index in [1.54, 1.807) is 4.90 Å². The highest BCUT2D eigenvalue weighted by atomic mass is 16.5. The van der Waals surface area contributed by atoms with Gasteiger partial charge in [0.15, 0.2) is 0 Å². The highest BCUT2D eigenvalue weighted by Crippen LogP contribution is 2.25. The third-order valence-electron chi connectivity index (χ3n) is 9.44. The molecule has 10 N–H and O–H groups in total. The van der Waals surface area contributed by atoms with Crippen LogP contribution in [0.5, 0.6) is 0 Å². The van der Waals surface area contributed by atoms with Gasteiger partial charge in [-0.15, -0.1) is 0 Å². The van der Waals surface area contributed by atoms with Crippen LogP contribution < -0.4 is 53.2 Å². The van der Waals surface area contributed by atoms with Gasteiger partial charge in [0.1, 0.15) is 0 Å². The van der Waals surface area contributed by atoms with Crippen LogP contribution in [0.3, 0.4) is 0 Å². The van der Waals surface area contributed by atoms with E-state index in [0.29, 0.717) is 45.8 Å². The molecule has 282 valence electrons. The number of rotatable bonds is 10. The minimum Gasteiger partial charge on any atom is -0.380 e. The first-order chi connectivity index (χ1) is 25.3. The van der Waals surface area contributed by atoms with Crippen molar-refractivity contribution in [2.45, 2.75) is 36.9 Å². The number of carbonyl (C=O) groups excluding carboxylic acids is 3. The molecule has 2 bridgehead atoms. The lowest BCUT2D eigenvalue weighted by atomic mass is 9.97. The maximum atomic E-state index is 13.4. The Balaban J connectivity index is 1.04. The van der Waals surface area contributed by atoms with Gasteiger partial charge in [-0.1, -0.05) is 42.2 Å². The number of benzene rings is 2. The van der Waals surface area contributed by atoms with E-state index in [4.69, 9.17) is 10.5 Å². The van der Waals surface area contributed by atoms with Crippen LogP contribution in [0.15, 0.2) is 48.5 Å². The number of nitrogens with zero attached hydrogens (tertiary/aromatic N) is 1. The minimum atomic E-state index is -0.550. The summed E-state index contributed by atoms with van der Waals surface area (Å²) >= 11 is 0. The Morgan fingerprint density at radius 2 is 1.21 bits per heavy atom. The zero-order valence-electron chi connectivity index (χ0n) is 30.2. The average molecular weight is 717 g/mol. The molecule has 6 rings (SSSR count). The molecule has 0 saturated carbocycles. The molecule has 2 aromatic rings. The van der Waals surface area contributed by atoms with Crippen LogP contribution >= 0.6 is 0 Å². The van der Waals surface area contributed by atoms with E-state index in [0.717, 1.165) is 61.6 Å². The van der Waals surface area contributed by atoms with Crippen LogP contribution in [-0.2, 0) is 25.7 Å². The zero-order chi connectivity index (χ0) is 36.5. The van der Waals surface area contributed by atoms with Gasteiger partial charge in [-0.2, -0.15) is 0 Å². The Morgan fingerprint density at radius 3 is 1.85 bits per heavy atom. The Morgan fingerprint density at radius 1 is 0.692 bits per heavy atom. The first-order valence-corrected chi connectivity index (χ1v) is 18.5. The molecule has 4 aliphatic heterocycles. The normalized spacial score (nSPS) is 22.9. The van der Waals surface area contributed by atoms with Gasteiger partial charge in [0.25, 0.3) is 0 Å². The van der Waals surface area contributed by atoms with Crippen molar-refractivity contribution in [1.82, 2.24) is 42.5 Å². The highest BCUT2D eigenvalue weighted by molar-refractivity contribution is 5.95. The third kappa shape index (κ3) is 12.4. The lowest BCUT2D eigenvalue weighted by Crippen LogP contribution is -2.67. The van der Waals surface area contributed by atoms with Crippen molar-refractivity contribution in [3.63, 3.8) is 0 Å². The topological polar surface area (TPSA) is 186 Å². The van der Waals surface area contributed by atoms with Crippen molar-refractivity contribution in [2.75, 3.05) is 103 Å². The fourth-order valence-corrected chi connectivity index (χ4v) is 6.56. The second-order valence-corrected chi connectivity index (χ2v) is 13.9. The number of amides is 3. The van der Waals surface area contributed by atoms with Crippen molar-refractivity contribution < 1.29 is 19.1 Å². The molecule has 2 aromatic carbocycles. The molecule has 0 aliphatic carbocycles. The highest BCUT2D eigenvalue weighted by Gasteiger charge is 2.32. The van der Waals surface area contributed by atoms with Gasteiger partial charge in [-0.05, 0) is 23.8 Å². The maximum Gasteiger partial charge on any atom is 0.229 e. The molecular formula is C38H56N10O4. The monoisotopic (exact) mass is 716 g/mol. The fourth-order valence-electron chi connectivity index (χ4n) is 6.56. The largest absolute Gasteiger partial charge is 0.380 e. The Kier molecular flexibility index (Phi) is 15.4. The summed E-state index contributed by atoms with van der Waals surface area (Å²) in [5.41, 5.74) is 9.19. The molecule has 0 radical (unpaired) electrons. The van der Waals surface area contributed by atoms with Crippen molar-refractivity contribution in [3.8, 4) is 11.8 Å². The van der Waals surface area contributed by atoms with Gasteiger partial charge < -0.3 is 57.9 Å². The van der Waals surface area contributed by atoms with Gasteiger partial charge in [0, 0.05) is 115 Å². The van der Waals surface area contributed by atoms with Crippen molar-refractivity contribution >= 4 is 23.4 Å². The summed E-state index contributed by atoms with van der Waals surface area (Å²) in [4.78, 5) is 40.9. The Labute approximate surface area is 307 Å². The molecule has 0 spiro atoms. The molecule has 3 amide bonds. The SMILES string of the molecule is NC12CNCCNCC(NC(=O)CCOCCC(=O)NCCC(=O)N3Cc4ccccc4C#Cc4ccccc43)(CNCCNC1)CNCCNC2. The molecule has 14 nitrogen and oxygen atoms in total. The van der Waals surface area contributed by atoms with Gasteiger partial charge in [0.2, 0.25) is 17.7 Å². The second kappa shape index (κ2) is 20.4. The first-order valence-electron chi connectivity index (χ1n) is 18.5. The quantitative estimate of drug-likeness (QED) is 0.101. The number of hydrogen-bond donors (Lipinski definition) is 9. The predicted molar refractivity (Wildman–Crippen MR) is 203 cm³/mol. The van der Waals surface area contributed by atoms with Crippen LogP contribution in [0.2, 0.25) is 0 Å². The van der Waals surface area contributed by atoms with Crippen LogP contribution in [-0.4, -0.2) is 127 Å². The molecule has 0 unspecified atom stereocenters. The van der Waals surface area contributed by atoms with Crippen molar-refractivity contribution in [1.29, 1.82) is 0 Å². The summed E-state index contributed by atoms with van der Waals surface area (Å²) < 4.78 is 5.69. The van der Waals surface area contributed by atoms with E-state index < -0.39 is 5.54 Å². The average Bonchev–Trinajstić information content (AvgIpc) is 3.13. The van der Waals surface area contributed by atoms with Gasteiger partial charge in [0.05, 0.1) is 36.5 Å². The number of fused-ring (bicyclic) bond motifs is 17. The fraction of sp³-hybridized carbons (Fsp3) is 0.553. The zero-order valence-corrected chi connectivity index (χ0v) is 30.2. The molecule has 4 heterocycles.